The summed E-state index contributed by atoms with van der Waals surface area (Å²) in [6.45, 7) is 5.89. The number of hydrogen-bond acceptors (Lipinski definition) is 6. The second kappa shape index (κ2) is 10.3. The number of nitrogens with one attached hydrogen (secondary N) is 1. The van der Waals surface area contributed by atoms with Gasteiger partial charge in [-0.3, -0.25) is 4.98 Å². The molecule has 7 heteroatoms. The molecule has 0 unspecified atom stereocenters. The monoisotopic (exact) mass is 510 g/mol. The predicted molar refractivity (Wildman–Crippen MR) is 150 cm³/mol. The van der Waals surface area contributed by atoms with Crippen LogP contribution in [-0.4, -0.2) is 36.3 Å². The average molecular weight is 511 g/mol. The highest BCUT2D eigenvalue weighted by Gasteiger charge is 2.14. The summed E-state index contributed by atoms with van der Waals surface area (Å²) in [6, 6.07) is 22.2. The van der Waals surface area contributed by atoms with Gasteiger partial charge in [0.2, 0.25) is 0 Å². The molecule has 0 amide bonds. The van der Waals surface area contributed by atoms with E-state index in [1.54, 1.807) is 24.3 Å². The van der Waals surface area contributed by atoms with Gasteiger partial charge in [-0.2, -0.15) is 0 Å². The van der Waals surface area contributed by atoms with Crippen LogP contribution in [0.4, 0.5) is 15.8 Å². The third kappa shape index (κ3) is 5.05. The third-order valence-electron chi connectivity index (χ3n) is 6.77. The number of nitrogens with zero attached hydrogens (tertiary/aromatic N) is 3. The molecule has 1 N–H and O–H groups in total. The first-order valence-corrected chi connectivity index (χ1v) is 13.3. The van der Waals surface area contributed by atoms with Gasteiger partial charge < -0.3 is 15.0 Å². The zero-order chi connectivity index (χ0) is 25.2. The Morgan fingerprint density at radius 3 is 2.57 bits per heavy atom. The van der Waals surface area contributed by atoms with Crippen LogP contribution in [0.3, 0.4) is 0 Å². The molecule has 3 heterocycles. The summed E-state index contributed by atoms with van der Waals surface area (Å²) in [5, 5.41) is 3.54. The molecule has 3 aromatic carbocycles. The molecule has 0 spiro atoms. The van der Waals surface area contributed by atoms with E-state index in [-0.39, 0.29) is 5.82 Å². The van der Waals surface area contributed by atoms with Crippen LogP contribution in [-0.2, 0) is 11.3 Å². The summed E-state index contributed by atoms with van der Waals surface area (Å²) < 4.78 is 20.6. The standard InChI is InChI=1S/C30H27FN4OS/c1-20-14-23(4-8-27(20)31)30-26(22-5-9-28-29(15-22)37-19-34-28)16-24(18-33-30)32-17-21-2-6-25(7-3-21)35-10-12-36-13-11-35/h2-9,14-16,18-19,32H,10-13,17H2,1H3. The lowest BCUT2D eigenvalue weighted by atomic mass is 9.97. The largest absolute Gasteiger partial charge is 0.380 e. The van der Waals surface area contributed by atoms with Crippen molar-refractivity contribution in [2.75, 3.05) is 36.5 Å². The van der Waals surface area contributed by atoms with E-state index in [9.17, 15) is 4.39 Å². The van der Waals surface area contributed by atoms with Gasteiger partial charge in [-0.1, -0.05) is 18.2 Å². The Balaban J connectivity index is 1.29. The van der Waals surface area contributed by atoms with Gasteiger partial charge in [-0.05, 0) is 72.1 Å². The highest BCUT2D eigenvalue weighted by molar-refractivity contribution is 7.16. The molecule has 0 saturated carbocycles. The van der Waals surface area contributed by atoms with Gasteiger partial charge >= 0.3 is 0 Å². The molecule has 1 aliphatic heterocycles. The Morgan fingerprint density at radius 2 is 1.76 bits per heavy atom. The molecule has 0 bridgehead atoms. The minimum absolute atomic E-state index is 0.214. The van der Waals surface area contributed by atoms with Crippen LogP contribution in [0.15, 0.2) is 78.4 Å². The predicted octanol–water partition coefficient (Wildman–Crippen LogP) is 6.92. The van der Waals surface area contributed by atoms with E-state index in [4.69, 9.17) is 9.72 Å². The van der Waals surface area contributed by atoms with Crippen molar-refractivity contribution in [1.29, 1.82) is 0 Å². The van der Waals surface area contributed by atoms with Crippen LogP contribution in [0, 0.1) is 12.7 Å². The van der Waals surface area contributed by atoms with Crippen LogP contribution in [0.5, 0.6) is 0 Å². The summed E-state index contributed by atoms with van der Waals surface area (Å²) in [7, 11) is 0. The molecule has 6 rings (SSSR count). The smallest absolute Gasteiger partial charge is 0.126 e. The van der Waals surface area contributed by atoms with Gasteiger partial charge in [0.05, 0.1) is 46.5 Å². The zero-order valence-electron chi connectivity index (χ0n) is 20.6. The number of anilines is 2. The third-order valence-corrected chi connectivity index (χ3v) is 7.56. The number of morpholine rings is 1. The van der Waals surface area contributed by atoms with E-state index in [1.807, 2.05) is 23.8 Å². The zero-order valence-corrected chi connectivity index (χ0v) is 21.4. The fourth-order valence-corrected chi connectivity index (χ4v) is 5.39. The number of hydrogen-bond donors (Lipinski definition) is 1. The minimum atomic E-state index is -0.214. The Kier molecular flexibility index (Phi) is 6.55. The van der Waals surface area contributed by atoms with E-state index in [0.717, 1.165) is 64.6 Å². The fourth-order valence-electron chi connectivity index (χ4n) is 4.68. The molecule has 0 aliphatic carbocycles. The van der Waals surface area contributed by atoms with Crippen LogP contribution >= 0.6 is 11.3 Å². The van der Waals surface area contributed by atoms with E-state index >= 15 is 0 Å². The summed E-state index contributed by atoms with van der Waals surface area (Å²) in [4.78, 5) is 11.6. The number of pyridine rings is 1. The summed E-state index contributed by atoms with van der Waals surface area (Å²) in [5.41, 5.74) is 10.6. The lowest BCUT2D eigenvalue weighted by Gasteiger charge is -2.28. The van der Waals surface area contributed by atoms with Gasteiger partial charge in [-0.15, -0.1) is 11.3 Å². The van der Waals surface area contributed by atoms with E-state index in [1.165, 1.54) is 17.3 Å². The number of benzene rings is 3. The maximum absolute atomic E-state index is 14.0. The van der Waals surface area contributed by atoms with E-state index < -0.39 is 0 Å². The maximum atomic E-state index is 14.0. The quantitative estimate of drug-likeness (QED) is 0.269. The molecule has 5 nitrogen and oxygen atoms in total. The maximum Gasteiger partial charge on any atom is 0.126 e. The lowest BCUT2D eigenvalue weighted by Crippen LogP contribution is -2.36. The van der Waals surface area contributed by atoms with Gasteiger partial charge in [0.25, 0.3) is 0 Å². The van der Waals surface area contributed by atoms with Crippen molar-refractivity contribution in [2.45, 2.75) is 13.5 Å². The summed E-state index contributed by atoms with van der Waals surface area (Å²) >= 11 is 1.62. The van der Waals surface area contributed by atoms with Crippen molar-refractivity contribution < 1.29 is 9.13 Å². The van der Waals surface area contributed by atoms with Gasteiger partial charge in [0.1, 0.15) is 5.82 Å². The topological polar surface area (TPSA) is 50.3 Å². The SMILES string of the molecule is Cc1cc(-c2ncc(NCc3ccc(N4CCOCC4)cc3)cc2-c2ccc3ncsc3c2)ccc1F. The molecule has 5 aromatic rings. The minimum Gasteiger partial charge on any atom is -0.380 e. The summed E-state index contributed by atoms with van der Waals surface area (Å²) in [5.74, 6) is -0.214. The summed E-state index contributed by atoms with van der Waals surface area (Å²) in [6.07, 6.45) is 1.85. The van der Waals surface area contributed by atoms with Crippen molar-refractivity contribution in [3.05, 3.63) is 95.4 Å². The molecule has 37 heavy (non-hydrogen) atoms. The molecule has 1 fully saturated rings. The molecule has 186 valence electrons. The first kappa shape index (κ1) is 23.6. The van der Waals surface area contributed by atoms with Crippen molar-refractivity contribution >= 4 is 32.9 Å². The number of aromatic nitrogens is 2. The molecule has 0 atom stereocenters. The van der Waals surface area contributed by atoms with E-state index in [2.05, 4.69) is 57.7 Å². The van der Waals surface area contributed by atoms with Gasteiger partial charge in [0.15, 0.2) is 0 Å². The molecular weight excluding hydrogens is 483 g/mol. The Hall–Kier alpha value is -3.81. The van der Waals surface area contributed by atoms with Crippen molar-refractivity contribution in [2.24, 2.45) is 0 Å². The molecule has 1 saturated heterocycles. The normalized spacial score (nSPS) is 13.7. The Morgan fingerprint density at radius 1 is 0.946 bits per heavy atom. The van der Waals surface area contributed by atoms with Crippen LogP contribution in [0.25, 0.3) is 32.6 Å². The molecular formula is C30H27FN4OS. The fraction of sp³-hybridized carbons (Fsp3) is 0.200. The number of thiazole rings is 1. The first-order chi connectivity index (χ1) is 18.1. The molecule has 0 radical (unpaired) electrons. The van der Waals surface area contributed by atoms with Crippen molar-refractivity contribution in [3.8, 4) is 22.4 Å². The molecule has 1 aliphatic rings. The van der Waals surface area contributed by atoms with Crippen LogP contribution < -0.4 is 10.2 Å². The highest BCUT2D eigenvalue weighted by Crippen LogP contribution is 2.35. The van der Waals surface area contributed by atoms with E-state index in [0.29, 0.717) is 12.1 Å². The number of rotatable bonds is 6. The van der Waals surface area contributed by atoms with Crippen LogP contribution in [0.2, 0.25) is 0 Å². The number of ether oxygens (including phenoxy) is 1. The highest BCUT2D eigenvalue weighted by atomic mass is 32.1. The number of halogens is 1. The van der Waals surface area contributed by atoms with Gasteiger partial charge in [-0.25, -0.2) is 9.37 Å². The Bertz CT molecular complexity index is 1540. The first-order valence-electron chi connectivity index (χ1n) is 12.4. The second-order valence-corrected chi connectivity index (χ2v) is 10.1. The molecule has 2 aromatic heterocycles. The number of aryl methyl sites for hydroxylation is 1. The lowest BCUT2D eigenvalue weighted by molar-refractivity contribution is 0.122. The number of fused-ring (bicyclic) bond motifs is 1. The van der Waals surface area contributed by atoms with Crippen molar-refractivity contribution in [3.63, 3.8) is 0 Å². The van der Waals surface area contributed by atoms with Crippen molar-refractivity contribution in [1.82, 2.24) is 9.97 Å². The second-order valence-electron chi connectivity index (χ2n) is 9.24. The van der Waals surface area contributed by atoms with Crippen LogP contribution in [0.1, 0.15) is 11.1 Å². The van der Waals surface area contributed by atoms with Gasteiger partial charge in [0, 0.05) is 36.4 Å². The Labute approximate surface area is 219 Å². The average Bonchev–Trinajstić information content (AvgIpc) is 3.42.